The second kappa shape index (κ2) is 9.89. The number of aromatic nitrogens is 3. The zero-order chi connectivity index (χ0) is 23.4. The largest absolute Gasteiger partial charge is 0.522 e. The number of nitrogens with zero attached hydrogens (tertiary/aromatic N) is 3. The van der Waals surface area contributed by atoms with Gasteiger partial charge in [0, 0.05) is 29.2 Å². The van der Waals surface area contributed by atoms with E-state index in [9.17, 15) is 18.0 Å². The molecule has 13 heteroatoms. The number of hydrogen-bond acceptors (Lipinski definition) is 8. The summed E-state index contributed by atoms with van der Waals surface area (Å²) in [5.74, 6) is 0.0167. The van der Waals surface area contributed by atoms with E-state index in [1.54, 1.807) is 24.3 Å². The topological polar surface area (TPSA) is 111 Å². The molecule has 0 radical (unpaired) electrons. The standard InChI is InChI=1S/C20H19ClF3N5O4/c21-13-2-1-11-7-12(9-25-16(11)8-13)17(30)27-14-3-4-15(26-10-14)18-28-29-19(33-18)31-5-6-32-20(22,23)24/h1-2,7-9,14-15,26H,3-6,10H2,(H,27,30)/t14-,15?/m0/s1. The summed E-state index contributed by atoms with van der Waals surface area (Å²) in [6, 6.07) is 6.65. The summed E-state index contributed by atoms with van der Waals surface area (Å²) in [5.41, 5.74) is 1.15. The number of pyridine rings is 1. The van der Waals surface area contributed by atoms with Crippen molar-refractivity contribution in [3.8, 4) is 6.08 Å². The van der Waals surface area contributed by atoms with E-state index in [0.29, 0.717) is 35.5 Å². The first kappa shape index (κ1) is 23.2. The monoisotopic (exact) mass is 485 g/mol. The molecule has 1 aliphatic rings. The van der Waals surface area contributed by atoms with Crippen LogP contribution in [0.2, 0.25) is 5.02 Å². The van der Waals surface area contributed by atoms with Crippen LogP contribution in [0.15, 0.2) is 34.9 Å². The Bertz CT molecular complexity index is 1120. The van der Waals surface area contributed by atoms with Crippen LogP contribution >= 0.6 is 11.6 Å². The minimum absolute atomic E-state index is 0.118. The number of amides is 1. The van der Waals surface area contributed by atoms with Gasteiger partial charge in [0.1, 0.15) is 6.61 Å². The van der Waals surface area contributed by atoms with E-state index >= 15 is 0 Å². The van der Waals surface area contributed by atoms with Gasteiger partial charge in [-0.2, -0.15) is 0 Å². The highest BCUT2D eigenvalue weighted by Crippen LogP contribution is 2.25. The second-order valence-electron chi connectivity index (χ2n) is 7.32. The van der Waals surface area contributed by atoms with Crippen molar-refractivity contribution in [2.24, 2.45) is 0 Å². The number of ether oxygens (including phenoxy) is 2. The Hall–Kier alpha value is -2.96. The maximum Gasteiger partial charge on any atom is 0.522 e. The van der Waals surface area contributed by atoms with Crippen LogP contribution in [0.4, 0.5) is 13.2 Å². The molecule has 33 heavy (non-hydrogen) atoms. The van der Waals surface area contributed by atoms with E-state index in [1.165, 1.54) is 6.20 Å². The molecule has 0 saturated carbocycles. The van der Waals surface area contributed by atoms with Crippen molar-refractivity contribution in [3.05, 3.63) is 46.9 Å². The SMILES string of the molecule is O=C(N[C@H]1CCC(c2nnc(OCCOC(F)(F)F)o2)NC1)c1cnc2cc(Cl)ccc2c1. The quantitative estimate of drug-likeness (QED) is 0.490. The average Bonchev–Trinajstić information content (AvgIpc) is 3.25. The Labute approximate surface area is 190 Å². The molecular weight excluding hydrogens is 467 g/mol. The van der Waals surface area contributed by atoms with Crippen LogP contribution in [0.25, 0.3) is 10.9 Å². The molecule has 1 fully saturated rings. The number of nitrogens with one attached hydrogen (secondary N) is 2. The number of benzene rings is 1. The van der Waals surface area contributed by atoms with Crippen molar-refractivity contribution in [3.63, 3.8) is 0 Å². The predicted molar refractivity (Wildman–Crippen MR) is 110 cm³/mol. The number of carbonyl (C=O) groups excluding carboxylic acids is 1. The summed E-state index contributed by atoms with van der Waals surface area (Å²) in [5, 5.41) is 15.1. The first-order chi connectivity index (χ1) is 15.8. The Balaban J connectivity index is 1.25. The van der Waals surface area contributed by atoms with Gasteiger partial charge in [-0.3, -0.25) is 14.5 Å². The van der Waals surface area contributed by atoms with E-state index in [-0.39, 0.29) is 36.6 Å². The molecule has 1 unspecified atom stereocenters. The number of halogens is 4. The van der Waals surface area contributed by atoms with Crippen LogP contribution in [-0.4, -0.2) is 53.3 Å². The van der Waals surface area contributed by atoms with Gasteiger partial charge in [0.25, 0.3) is 5.91 Å². The molecule has 2 aromatic heterocycles. The molecule has 3 heterocycles. The number of fused-ring (bicyclic) bond motifs is 1. The Morgan fingerprint density at radius 2 is 2.09 bits per heavy atom. The van der Waals surface area contributed by atoms with Crippen molar-refractivity contribution in [2.75, 3.05) is 19.8 Å². The van der Waals surface area contributed by atoms with Gasteiger partial charge in [0.2, 0.25) is 5.89 Å². The van der Waals surface area contributed by atoms with Gasteiger partial charge in [-0.15, -0.1) is 18.3 Å². The molecule has 2 N–H and O–H groups in total. The van der Waals surface area contributed by atoms with Crippen molar-refractivity contribution in [1.82, 2.24) is 25.8 Å². The van der Waals surface area contributed by atoms with Gasteiger partial charge in [0.15, 0.2) is 0 Å². The van der Waals surface area contributed by atoms with Gasteiger partial charge in [-0.1, -0.05) is 22.8 Å². The smallest absolute Gasteiger partial charge is 0.447 e. The van der Waals surface area contributed by atoms with Crippen LogP contribution in [0, 0.1) is 0 Å². The molecular formula is C20H19ClF3N5O4. The minimum atomic E-state index is -4.72. The molecule has 9 nitrogen and oxygen atoms in total. The number of carbonyl (C=O) groups is 1. The van der Waals surface area contributed by atoms with Crippen LogP contribution in [0.1, 0.15) is 35.1 Å². The van der Waals surface area contributed by atoms with Gasteiger partial charge >= 0.3 is 12.4 Å². The second-order valence-corrected chi connectivity index (χ2v) is 7.75. The van der Waals surface area contributed by atoms with E-state index in [2.05, 4.69) is 30.6 Å². The Morgan fingerprint density at radius 3 is 2.85 bits per heavy atom. The normalized spacial score (nSPS) is 18.9. The van der Waals surface area contributed by atoms with Crippen molar-refractivity contribution >= 4 is 28.4 Å². The Kier molecular flexibility index (Phi) is 6.96. The highest BCUT2D eigenvalue weighted by atomic mass is 35.5. The third-order valence-corrected chi connectivity index (χ3v) is 5.19. The molecule has 1 amide bonds. The van der Waals surface area contributed by atoms with E-state index in [4.69, 9.17) is 20.8 Å². The Morgan fingerprint density at radius 1 is 1.24 bits per heavy atom. The lowest BCUT2D eigenvalue weighted by Crippen LogP contribution is -2.46. The van der Waals surface area contributed by atoms with E-state index < -0.39 is 13.0 Å². The lowest BCUT2D eigenvalue weighted by atomic mass is 10.0. The lowest BCUT2D eigenvalue weighted by Gasteiger charge is -2.28. The lowest BCUT2D eigenvalue weighted by molar-refractivity contribution is -0.325. The maximum absolute atomic E-state index is 12.6. The van der Waals surface area contributed by atoms with Crippen molar-refractivity contribution < 1.29 is 31.9 Å². The molecule has 3 aromatic rings. The van der Waals surface area contributed by atoms with Crippen molar-refractivity contribution in [1.29, 1.82) is 0 Å². The molecule has 1 aliphatic heterocycles. The predicted octanol–water partition coefficient (Wildman–Crippen LogP) is 3.41. The first-order valence-electron chi connectivity index (χ1n) is 10.0. The molecule has 0 aliphatic carbocycles. The number of rotatable bonds is 7. The van der Waals surface area contributed by atoms with Crippen molar-refractivity contribution in [2.45, 2.75) is 31.3 Å². The first-order valence-corrected chi connectivity index (χ1v) is 10.4. The highest BCUT2D eigenvalue weighted by Gasteiger charge is 2.29. The fourth-order valence-corrected chi connectivity index (χ4v) is 3.55. The summed E-state index contributed by atoms with van der Waals surface area (Å²) >= 11 is 5.96. The molecule has 1 saturated heterocycles. The third kappa shape index (κ3) is 6.30. The minimum Gasteiger partial charge on any atom is -0.447 e. The van der Waals surface area contributed by atoms with Crippen LogP contribution < -0.4 is 15.4 Å². The highest BCUT2D eigenvalue weighted by molar-refractivity contribution is 6.31. The summed E-state index contributed by atoms with van der Waals surface area (Å²) in [6.07, 6.45) is -2.21. The fourth-order valence-electron chi connectivity index (χ4n) is 3.38. The molecule has 4 rings (SSSR count). The summed E-state index contributed by atoms with van der Waals surface area (Å²) in [4.78, 5) is 16.9. The van der Waals surface area contributed by atoms with Crippen LogP contribution in [0.5, 0.6) is 6.08 Å². The number of alkyl halides is 3. The zero-order valence-electron chi connectivity index (χ0n) is 17.1. The summed E-state index contributed by atoms with van der Waals surface area (Å²) in [6.45, 7) is -0.611. The molecule has 1 aromatic carbocycles. The fraction of sp³-hybridized carbons (Fsp3) is 0.400. The summed E-state index contributed by atoms with van der Waals surface area (Å²) < 4.78 is 49.7. The third-order valence-electron chi connectivity index (χ3n) is 4.95. The molecule has 2 atom stereocenters. The molecule has 0 bridgehead atoms. The molecule has 0 spiro atoms. The average molecular weight is 486 g/mol. The number of hydrogen-bond donors (Lipinski definition) is 2. The van der Waals surface area contributed by atoms with Gasteiger partial charge < -0.3 is 19.8 Å². The molecule has 176 valence electrons. The van der Waals surface area contributed by atoms with Gasteiger partial charge in [-0.05, 0) is 31.0 Å². The van der Waals surface area contributed by atoms with Crippen LogP contribution in [-0.2, 0) is 4.74 Å². The zero-order valence-corrected chi connectivity index (χ0v) is 17.8. The summed E-state index contributed by atoms with van der Waals surface area (Å²) in [7, 11) is 0. The van der Waals surface area contributed by atoms with Crippen LogP contribution in [0.3, 0.4) is 0 Å². The van der Waals surface area contributed by atoms with Gasteiger partial charge in [0.05, 0.1) is 23.7 Å². The number of piperidine rings is 1. The van der Waals surface area contributed by atoms with Gasteiger partial charge in [-0.25, -0.2) is 0 Å². The van der Waals surface area contributed by atoms with E-state index in [0.717, 1.165) is 5.39 Å². The van der Waals surface area contributed by atoms with E-state index in [1.807, 2.05) is 0 Å². The maximum atomic E-state index is 12.6.